The standard InChI is InChI=1S/C14H13BrFN/c1-10-6-7-13(16)14(8-10)17-9-11-4-2-3-5-12(11)15/h2-8,17H,9H2,1H3. The third-order valence-electron chi connectivity index (χ3n) is 2.55. The molecule has 0 amide bonds. The van der Waals surface area contributed by atoms with Crippen molar-refractivity contribution in [2.24, 2.45) is 0 Å². The summed E-state index contributed by atoms with van der Waals surface area (Å²) >= 11 is 3.47. The molecule has 0 spiro atoms. The van der Waals surface area contributed by atoms with Crippen LogP contribution in [0.2, 0.25) is 0 Å². The quantitative estimate of drug-likeness (QED) is 0.878. The molecule has 0 heterocycles. The summed E-state index contributed by atoms with van der Waals surface area (Å²) < 4.78 is 14.5. The van der Waals surface area contributed by atoms with E-state index in [2.05, 4.69) is 21.2 Å². The number of hydrogen-bond acceptors (Lipinski definition) is 1. The van der Waals surface area contributed by atoms with Crippen LogP contribution in [0.5, 0.6) is 0 Å². The van der Waals surface area contributed by atoms with E-state index in [9.17, 15) is 4.39 Å². The number of benzene rings is 2. The second-order valence-electron chi connectivity index (χ2n) is 3.93. The first-order valence-electron chi connectivity index (χ1n) is 5.40. The van der Waals surface area contributed by atoms with E-state index in [4.69, 9.17) is 0 Å². The van der Waals surface area contributed by atoms with Crippen LogP contribution >= 0.6 is 15.9 Å². The van der Waals surface area contributed by atoms with Crippen molar-refractivity contribution in [2.75, 3.05) is 5.32 Å². The highest BCUT2D eigenvalue weighted by atomic mass is 79.9. The van der Waals surface area contributed by atoms with Crippen molar-refractivity contribution in [3.8, 4) is 0 Å². The molecule has 0 atom stereocenters. The molecule has 17 heavy (non-hydrogen) atoms. The van der Waals surface area contributed by atoms with Crippen molar-refractivity contribution in [1.29, 1.82) is 0 Å². The second-order valence-corrected chi connectivity index (χ2v) is 4.78. The van der Waals surface area contributed by atoms with Crippen LogP contribution in [-0.2, 0) is 6.54 Å². The van der Waals surface area contributed by atoms with E-state index in [1.54, 1.807) is 6.07 Å². The summed E-state index contributed by atoms with van der Waals surface area (Å²) in [4.78, 5) is 0. The van der Waals surface area contributed by atoms with Gasteiger partial charge in [-0.25, -0.2) is 4.39 Å². The van der Waals surface area contributed by atoms with Crippen LogP contribution in [0.3, 0.4) is 0 Å². The van der Waals surface area contributed by atoms with Gasteiger partial charge in [-0.2, -0.15) is 0 Å². The van der Waals surface area contributed by atoms with Gasteiger partial charge in [-0.05, 0) is 36.2 Å². The van der Waals surface area contributed by atoms with E-state index < -0.39 is 0 Å². The average molecular weight is 294 g/mol. The minimum atomic E-state index is -0.220. The van der Waals surface area contributed by atoms with Crippen molar-refractivity contribution in [2.45, 2.75) is 13.5 Å². The lowest BCUT2D eigenvalue weighted by Gasteiger charge is -2.09. The Balaban J connectivity index is 2.12. The van der Waals surface area contributed by atoms with Gasteiger partial charge in [0.2, 0.25) is 0 Å². The Kier molecular flexibility index (Phi) is 3.79. The zero-order valence-corrected chi connectivity index (χ0v) is 11.1. The first-order chi connectivity index (χ1) is 8.16. The molecule has 2 aromatic carbocycles. The SMILES string of the molecule is Cc1ccc(F)c(NCc2ccccc2Br)c1. The molecule has 1 N–H and O–H groups in total. The minimum absolute atomic E-state index is 0.220. The highest BCUT2D eigenvalue weighted by molar-refractivity contribution is 9.10. The van der Waals surface area contributed by atoms with E-state index in [1.807, 2.05) is 37.3 Å². The van der Waals surface area contributed by atoms with Gasteiger partial charge in [-0.3, -0.25) is 0 Å². The Morgan fingerprint density at radius 2 is 1.94 bits per heavy atom. The number of aryl methyl sites for hydroxylation is 1. The van der Waals surface area contributed by atoms with Gasteiger partial charge in [-0.1, -0.05) is 40.2 Å². The molecule has 2 aromatic rings. The average Bonchev–Trinajstić information content (AvgIpc) is 2.32. The maximum atomic E-state index is 13.5. The van der Waals surface area contributed by atoms with Gasteiger partial charge in [0.25, 0.3) is 0 Å². The van der Waals surface area contributed by atoms with Crippen LogP contribution in [0.15, 0.2) is 46.9 Å². The zero-order chi connectivity index (χ0) is 12.3. The Morgan fingerprint density at radius 3 is 2.71 bits per heavy atom. The number of rotatable bonds is 3. The van der Waals surface area contributed by atoms with Crippen LogP contribution in [0, 0.1) is 12.7 Å². The molecule has 0 fully saturated rings. The summed E-state index contributed by atoms with van der Waals surface area (Å²) in [6, 6.07) is 13.0. The predicted octanol–water partition coefficient (Wildman–Crippen LogP) is 4.51. The normalized spacial score (nSPS) is 10.3. The maximum Gasteiger partial charge on any atom is 0.146 e. The Bertz CT molecular complexity index is 525. The molecule has 2 rings (SSSR count). The molecule has 0 unspecified atom stereocenters. The van der Waals surface area contributed by atoms with E-state index in [0.717, 1.165) is 15.6 Å². The minimum Gasteiger partial charge on any atom is -0.379 e. The van der Waals surface area contributed by atoms with Crippen molar-refractivity contribution < 1.29 is 4.39 Å². The van der Waals surface area contributed by atoms with Gasteiger partial charge in [0.1, 0.15) is 5.82 Å². The fraction of sp³-hybridized carbons (Fsp3) is 0.143. The van der Waals surface area contributed by atoms with E-state index in [0.29, 0.717) is 12.2 Å². The molecular weight excluding hydrogens is 281 g/mol. The largest absolute Gasteiger partial charge is 0.379 e. The third kappa shape index (κ3) is 3.07. The topological polar surface area (TPSA) is 12.0 Å². The molecule has 0 radical (unpaired) electrons. The van der Waals surface area contributed by atoms with Crippen molar-refractivity contribution in [3.05, 3.63) is 63.9 Å². The van der Waals surface area contributed by atoms with Gasteiger partial charge in [0, 0.05) is 11.0 Å². The van der Waals surface area contributed by atoms with Crippen LogP contribution in [0.25, 0.3) is 0 Å². The number of nitrogens with one attached hydrogen (secondary N) is 1. The van der Waals surface area contributed by atoms with Crippen LogP contribution in [0.1, 0.15) is 11.1 Å². The summed E-state index contributed by atoms with van der Waals surface area (Å²) in [5.74, 6) is -0.220. The highest BCUT2D eigenvalue weighted by Gasteiger charge is 2.03. The summed E-state index contributed by atoms with van der Waals surface area (Å²) in [6.07, 6.45) is 0. The van der Waals surface area contributed by atoms with Crippen LogP contribution in [-0.4, -0.2) is 0 Å². The Hall–Kier alpha value is -1.35. The van der Waals surface area contributed by atoms with Crippen molar-refractivity contribution in [3.63, 3.8) is 0 Å². The van der Waals surface area contributed by atoms with E-state index >= 15 is 0 Å². The lowest BCUT2D eigenvalue weighted by atomic mass is 10.2. The summed E-state index contributed by atoms with van der Waals surface area (Å²) in [5, 5.41) is 3.11. The van der Waals surface area contributed by atoms with Gasteiger partial charge < -0.3 is 5.32 Å². The molecule has 0 saturated heterocycles. The van der Waals surface area contributed by atoms with Gasteiger partial charge >= 0.3 is 0 Å². The smallest absolute Gasteiger partial charge is 0.146 e. The number of halogens is 2. The molecule has 3 heteroatoms. The lowest BCUT2D eigenvalue weighted by Crippen LogP contribution is -2.02. The van der Waals surface area contributed by atoms with Crippen LogP contribution < -0.4 is 5.32 Å². The molecule has 0 aliphatic carbocycles. The maximum absolute atomic E-state index is 13.5. The van der Waals surface area contributed by atoms with E-state index in [1.165, 1.54) is 6.07 Å². The van der Waals surface area contributed by atoms with Gasteiger partial charge in [0.05, 0.1) is 5.69 Å². The number of anilines is 1. The summed E-state index contributed by atoms with van der Waals surface area (Å²) in [5.41, 5.74) is 2.69. The predicted molar refractivity (Wildman–Crippen MR) is 72.6 cm³/mol. The fourth-order valence-corrected chi connectivity index (χ4v) is 2.03. The van der Waals surface area contributed by atoms with Crippen molar-refractivity contribution in [1.82, 2.24) is 0 Å². The van der Waals surface area contributed by atoms with Gasteiger partial charge in [-0.15, -0.1) is 0 Å². The fourth-order valence-electron chi connectivity index (χ4n) is 1.61. The third-order valence-corrected chi connectivity index (χ3v) is 3.32. The highest BCUT2D eigenvalue weighted by Crippen LogP contribution is 2.20. The molecular formula is C14H13BrFN. The molecule has 0 saturated carbocycles. The summed E-state index contributed by atoms with van der Waals surface area (Å²) in [7, 11) is 0. The molecule has 0 aliphatic heterocycles. The monoisotopic (exact) mass is 293 g/mol. The van der Waals surface area contributed by atoms with E-state index in [-0.39, 0.29) is 5.82 Å². The molecule has 0 aromatic heterocycles. The van der Waals surface area contributed by atoms with Crippen molar-refractivity contribution >= 4 is 21.6 Å². The Morgan fingerprint density at radius 1 is 1.18 bits per heavy atom. The first kappa shape index (κ1) is 12.1. The van der Waals surface area contributed by atoms with Gasteiger partial charge in [0.15, 0.2) is 0 Å². The molecule has 1 nitrogen and oxygen atoms in total. The van der Waals surface area contributed by atoms with Crippen LogP contribution in [0.4, 0.5) is 10.1 Å². The summed E-state index contributed by atoms with van der Waals surface area (Å²) in [6.45, 7) is 2.55. The molecule has 0 aliphatic rings. The second kappa shape index (κ2) is 5.32. The molecule has 88 valence electrons. The molecule has 0 bridgehead atoms. The zero-order valence-electron chi connectivity index (χ0n) is 9.50. The lowest BCUT2D eigenvalue weighted by molar-refractivity contribution is 0.629. The number of hydrogen-bond donors (Lipinski definition) is 1. The Labute approximate surface area is 109 Å². The first-order valence-corrected chi connectivity index (χ1v) is 6.19.